The number of methoxy groups -OCH3 is 1. The van der Waals surface area contributed by atoms with Crippen molar-refractivity contribution in [2.24, 2.45) is 0 Å². The molecule has 0 aliphatic rings. The molecule has 27 heavy (non-hydrogen) atoms. The van der Waals surface area contributed by atoms with E-state index < -0.39 is 11.7 Å². The fourth-order valence-corrected chi connectivity index (χ4v) is 2.70. The van der Waals surface area contributed by atoms with Crippen LogP contribution in [0.2, 0.25) is 0 Å². The molecular weight excluding hydrogens is 347 g/mol. The summed E-state index contributed by atoms with van der Waals surface area (Å²) in [6, 6.07) is 13.2. The third-order valence-corrected chi connectivity index (χ3v) is 4.09. The molecule has 0 aliphatic heterocycles. The molecule has 0 spiro atoms. The average molecular weight is 362 g/mol. The molecule has 2 aromatic carbocycles. The van der Waals surface area contributed by atoms with E-state index in [0.29, 0.717) is 11.5 Å². The van der Waals surface area contributed by atoms with Gasteiger partial charge in [-0.15, -0.1) is 0 Å². The molecule has 0 saturated heterocycles. The van der Waals surface area contributed by atoms with Crippen molar-refractivity contribution in [3.63, 3.8) is 0 Å². The molecule has 0 atom stereocenters. The molecule has 4 aromatic rings. The van der Waals surface area contributed by atoms with Crippen LogP contribution >= 0.6 is 0 Å². The standard InChI is InChI=1S/C20H15FN4O2/c1-27-18-8-5-14(11-16(18)21)19(26)23-15-6-3-13(4-7-15)17-12-25-10-2-9-22-20(25)24-17/h2-12H,1H3,(H,23,26). The highest BCUT2D eigenvalue weighted by molar-refractivity contribution is 6.04. The largest absolute Gasteiger partial charge is 0.494 e. The Labute approximate surface area is 154 Å². The van der Waals surface area contributed by atoms with Crippen LogP contribution in [0.4, 0.5) is 10.1 Å². The summed E-state index contributed by atoms with van der Waals surface area (Å²) in [6.45, 7) is 0. The van der Waals surface area contributed by atoms with Gasteiger partial charge < -0.3 is 10.1 Å². The number of imidazole rings is 1. The van der Waals surface area contributed by atoms with Crippen molar-refractivity contribution in [3.8, 4) is 17.0 Å². The maximum Gasteiger partial charge on any atom is 0.255 e. The summed E-state index contributed by atoms with van der Waals surface area (Å²) in [7, 11) is 1.37. The molecule has 6 nitrogen and oxygen atoms in total. The Hall–Kier alpha value is -3.74. The number of nitrogens with one attached hydrogen (secondary N) is 1. The highest BCUT2D eigenvalue weighted by Gasteiger charge is 2.11. The Balaban J connectivity index is 1.52. The van der Waals surface area contributed by atoms with Gasteiger partial charge >= 0.3 is 0 Å². The minimum absolute atomic E-state index is 0.0952. The van der Waals surface area contributed by atoms with Crippen LogP contribution in [0.5, 0.6) is 5.75 Å². The number of carbonyl (C=O) groups excluding carboxylic acids is 1. The first-order valence-corrected chi connectivity index (χ1v) is 8.19. The lowest BCUT2D eigenvalue weighted by Crippen LogP contribution is -2.12. The zero-order valence-corrected chi connectivity index (χ0v) is 14.4. The normalized spacial score (nSPS) is 10.7. The van der Waals surface area contributed by atoms with Gasteiger partial charge in [0.15, 0.2) is 11.6 Å². The molecule has 2 heterocycles. The lowest BCUT2D eigenvalue weighted by Gasteiger charge is -2.07. The van der Waals surface area contributed by atoms with Gasteiger partial charge in [-0.3, -0.25) is 9.20 Å². The monoisotopic (exact) mass is 362 g/mol. The zero-order chi connectivity index (χ0) is 18.8. The highest BCUT2D eigenvalue weighted by Crippen LogP contribution is 2.22. The summed E-state index contributed by atoms with van der Waals surface area (Å²) >= 11 is 0. The number of amides is 1. The van der Waals surface area contributed by atoms with E-state index in [1.807, 2.05) is 35.0 Å². The van der Waals surface area contributed by atoms with Crippen molar-refractivity contribution < 1.29 is 13.9 Å². The number of rotatable bonds is 4. The molecular formula is C20H15FN4O2. The van der Waals surface area contributed by atoms with Gasteiger partial charge in [-0.05, 0) is 36.4 Å². The van der Waals surface area contributed by atoms with Gasteiger partial charge in [0.2, 0.25) is 5.78 Å². The van der Waals surface area contributed by atoms with Gasteiger partial charge in [-0.2, -0.15) is 0 Å². The third kappa shape index (κ3) is 3.35. The zero-order valence-electron chi connectivity index (χ0n) is 14.4. The van der Waals surface area contributed by atoms with Gasteiger partial charge in [0.05, 0.1) is 12.8 Å². The van der Waals surface area contributed by atoms with Crippen molar-refractivity contribution in [1.82, 2.24) is 14.4 Å². The van der Waals surface area contributed by atoms with Crippen LogP contribution in [-0.2, 0) is 0 Å². The first-order valence-electron chi connectivity index (χ1n) is 8.19. The van der Waals surface area contributed by atoms with Gasteiger partial charge in [-0.25, -0.2) is 14.4 Å². The molecule has 0 aliphatic carbocycles. The van der Waals surface area contributed by atoms with Crippen LogP contribution in [-0.4, -0.2) is 27.4 Å². The summed E-state index contributed by atoms with van der Waals surface area (Å²) < 4.78 is 20.5. The minimum Gasteiger partial charge on any atom is -0.494 e. The first-order chi connectivity index (χ1) is 13.1. The van der Waals surface area contributed by atoms with Crippen molar-refractivity contribution in [2.75, 3.05) is 12.4 Å². The number of hydrogen-bond donors (Lipinski definition) is 1. The van der Waals surface area contributed by atoms with E-state index in [1.54, 1.807) is 18.3 Å². The molecule has 0 fully saturated rings. The Kier molecular flexibility index (Phi) is 4.25. The van der Waals surface area contributed by atoms with E-state index in [-0.39, 0.29) is 11.3 Å². The number of fused-ring (bicyclic) bond motifs is 1. The Morgan fingerprint density at radius 3 is 2.70 bits per heavy atom. The number of hydrogen-bond acceptors (Lipinski definition) is 4. The number of ether oxygens (including phenoxy) is 1. The van der Waals surface area contributed by atoms with Crippen molar-refractivity contribution in [3.05, 3.63) is 78.5 Å². The molecule has 0 radical (unpaired) electrons. The number of nitrogens with zero attached hydrogens (tertiary/aromatic N) is 3. The summed E-state index contributed by atoms with van der Waals surface area (Å²) in [6.07, 6.45) is 5.45. The second-order valence-electron chi connectivity index (χ2n) is 5.83. The number of aromatic nitrogens is 3. The fourth-order valence-electron chi connectivity index (χ4n) is 2.70. The van der Waals surface area contributed by atoms with Crippen LogP contribution in [0.25, 0.3) is 17.0 Å². The quantitative estimate of drug-likeness (QED) is 0.600. The van der Waals surface area contributed by atoms with Crippen LogP contribution in [0.3, 0.4) is 0 Å². The molecule has 134 valence electrons. The maximum absolute atomic E-state index is 13.8. The smallest absolute Gasteiger partial charge is 0.255 e. The second-order valence-corrected chi connectivity index (χ2v) is 5.83. The molecule has 0 unspecified atom stereocenters. The maximum atomic E-state index is 13.8. The SMILES string of the molecule is COc1ccc(C(=O)Nc2ccc(-c3cn4cccnc4n3)cc2)cc1F. The van der Waals surface area contributed by atoms with E-state index in [9.17, 15) is 9.18 Å². The highest BCUT2D eigenvalue weighted by atomic mass is 19.1. The van der Waals surface area contributed by atoms with Crippen molar-refractivity contribution >= 4 is 17.4 Å². The summed E-state index contributed by atoms with van der Waals surface area (Å²) in [4.78, 5) is 20.9. The lowest BCUT2D eigenvalue weighted by molar-refractivity contribution is 0.102. The Bertz CT molecular complexity index is 1090. The predicted octanol–water partition coefficient (Wildman–Crippen LogP) is 3.80. The van der Waals surface area contributed by atoms with Crippen LogP contribution < -0.4 is 10.1 Å². The van der Waals surface area contributed by atoms with Gasteiger partial charge in [-0.1, -0.05) is 12.1 Å². The summed E-state index contributed by atoms with van der Waals surface area (Å²) in [5, 5.41) is 2.74. The van der Waals surface area contributed by atoms with E-state index in [4.69, 9.17) is 4.74 Å². The van der Waals surface area contributed by atoms with Crippen LogP contribution in [0.15, 0.2) is 67.1 Å². The summed E-state index contributed by atoms with van der Waals surface area (Å²) in [5.41, 5.74) is 2.49. The fraction of sp³-hybridized carbons (Fsp3) is 0.0500. The molecule has 4 rings (SSSR count). The van der Waals surface area contributed by atoms with Gasteiger partial charge in [0, 0.05) is 35.4 Å². The Morgan fingerprint density at radius 2 is 2.00 bits per heavy atom. The van der Waals surface area contributed by atoms with Gasteiger partial charge in [0.1, 0.15) is 0 Å². The number of anilines is 1. The third-order valence-electron chi connectivity index (χ3n) is 4.09. The Morgan fingerprint density at radius 1 is 1.19 bits per heavy atom. The number of benzene rings is 2. The van der Waals surface area contributed by atoms with Crippen molar-refractivity contribution in [2.45, 2.75) is 0 Å². The molecule has 1 N–H and O–H groups in total. The minimum atomic E-state index is -0.582. The topological polar surface area (TPSA) is 68.5 Å². The molecule has 0 bridgehead atoms. The molecule has 0 saturated carbocycles. The number of halogens is 1. The van der Waals surface area contributed by atoms with Crippen molar-refractivity contribution in [1.29, 1.82) is 0 Å². The molecule has 1 amide bonds. The molecule has 2 aromatic heterocycles. The number of carbonyl (C=O) groups is 1. The lowest BCUT2D eigenvalue weighted by atomic mass is 10.1. The van der Waals surface area contributed by atoms with E-state index in [0.717, 1.165) is 17.3 Å². The van der Waals surface area contributed by atoms with E-state index >= 15 is 0 Å². The van der Waals surface area contributed by atoms with Crippen LogP contribution in [0.1, 0.15) is 10.4 Å². The first kappa shape index (κ1) is 16.7. The molecule has 7 heteroatoms. The summed E-state index contributed by atoms with van der Waals surface area (Å²) in [5.74, 6) is -0.272. The van der Waals surface area contributed by atoms with E-state index in [1.165, 1.54) is 19.2 Å². The van der Waals surface area contributed by atoms with Crippen LogP contribution in [0, 0.1) is 5.82 Å². The average Bonchev–Trinajstić information content (AvgIpc) is 3.12. The van der Waals surface area contributed by atoms with Gasteiger partial charge in [0.25, 0.3) is 5.91 Å². The predicted molar refractivity (Wildman–Crippen MR) is 99.3 cm³/mol. The van der Waals surface area contributed by atoms with E-state index in [2.05, 4.69) is 15.3 Å². The second kappa shape index (κ2) is 6.87.